The number of nitrogen functional groups attached to an aromatic ring is 1. The zero-order chi connectivity index (χ0) is 15.1. The summed E-state index contributed by atoms with van der Waals surface area (Å²) in [5, 5.41) is 0. The highest BCUT2D eigenvalue weighted by Crippen LogP contribution is 2.37. The van der Waals surface area contributed by atoms with E-state index in [1.807, 2.05) is 0 Å². The van der Waals surface area contributed by atoms with E-state index in [-0.39, 0.29) is 10.6 Å². The van der Waals surface area contributed by atoms with Gasteiger partial charge in [-0.3, -0.25) is 0 Å². The van der Waals surface area contributed by atoms with Crippen LogP contribution in [0.15, 0.2) is 23.1 Å². The summed E-state index contributed by atoms with van der Waals surface area (Å²) >= 11 is 0. The van der Waals surface area contributed by atoms with Gasteiger partial charge in [-0.2, -0.15) is 17.5 Å². The minimum absolute atomic E-state index is 0.0298. The van der Waals surface area contributed by atoms with Crippen LogP contribution in [-0.2, 0) is 10.0 Å². The average molecular weight is 308 g/mol. The molecular weight excluding hydrogens is 293 g/mol. The van der Waals surface area contributed by atoms with E-state index in [4.69, 9.17) is 5.73 Å². The van der Waals surface area contributed by atoms with Crippen molar-refractivity contribution in [2.45, 2.75) is 36.9 Å². The molecule has 8 heteroatoms. The van der Waals surface area contributed by atoms with E-state index in [1.54, 1.807) is 6.07 Å². The van der Waals surface area contributed by atoms with E-state index < -0.39 is 28.8 Å². The Morgan fingerprint density at radius 3 is 2.40 bits per heavy atom. The van der Waals surface area contributed by atoms with Gasteiger partial charge in [-0.1, -0.05) is 12.1 Å². The van der Waals surface area contributed by atoms with Crippen LogP contribution in [0.2, 0.25) is 0 Å². The Morgan fingerprint density at radius 1 is 1.35 bits per heavy atom. The third kappa shape index (κ3) is 3.06. The molecule has 0 spiro atoms. The maximum atomic E-state index is 12.6. The Kier molecular flexibility index (Phi) is 3.72. The lowest BCUT2D eigenvalue weighted by Gasteiger charge is -2.24. The Morgan fingerprint density at radius 2 is 1.95 bits per heavy atom. The standard InChI is InChI=1S/C12H15F3N2O2S/c1-8-3-2-4-10(16)11(8)20(18,19)17(9-5-6-9)7-12(13,14)15/h2-4,9H,5-7,16H2,1H3. The number of nitrogens with zero attached hydrogens (tertiary/aromatic N) is 1. The lowest BCUT2D eigenvalue weighted by molar-refractivity contribution is -0.137. The van der Waals surface area contributed by atoms with Crippen molar-refractivity contribution >= 4 is 15.7 Å². The van der Waals surface area contributed by atoms with E-state index in [1.165, 1.54) is 19.1 Å². The van der Waals surface area contributed by atoms with Crippen LogP contribution < -0.4 is 5.73 Å². The van der Waals surface area contributed by atoms with Crippen LogP contribution in [0.4, 0.5) is 18.9 Å². The third-order valence-corrected chi connectivity index (χ3v) is 5.22. The van der Waals surface area contributed by atoms with Crippen molar-refractivity contribution in [1.82, 2.24) is 4.31 Å². The minimum Gasteiger partial charge on any atom is -0.398 e. The molecule has 0 atom stereocenters. The summed E-state index contributed by atoms with van der Waals surface area (Å²) in [6.07, 6.45) is -3.69. The number of aryl methyl sites for hydroxylation is 1. The second-order valence-corrected chi connectivity index (χ2v) is 6.72. The number of nitrogens with two attached hydrogens (primary N) is 1. The van der Waals surface area contributed by atoms with Gasteiger partial charge in [0.15, 0.2) is 0 Å². The molecule has 1 saturated carbocycles. The lowest BCUT2D eigenvalue weighted by atomic mass is 10.2. The van der Waals surface area contributed by atoms with Gasteiger partial charge in [0.1, 0.15) is 11.4 Å². The fourth-order valence-electron chi connectivity index (χ4n) is 2.09. The van der Waals surface area contributed by atoms with Gasteiger partial charge in [-0.25, -0.2) is 8.42 Å². The van der Waals surface area contributed by atoms with Crippen molar-refractivity contribution < 1.29 is 21.6 Å². The van der Waals surface area contributed by atoms with Gasteiger partial charge >= 0.3 is 6.18 Å². The van der Waals surface area contributed by atoms with Gasteiger partial charge in [-0.05, 0) is 31.4 Å². The van der Waals surface area contributed by atoms with Gasteiger partial charge in [0.25, 0.3) is 0 Å². The molecule has 0 amide bonds. The second kappa shape index (κ2) is 4.92. The van der Waals surface area contributed by atoms with Crippen LogP contribution in [0.3, 0.4) is 0 Å². The molecule has 1 aromatic rings. The Hall–Kier alpha value is -1.28. The monoisotopic (exact) mass is 308 g/mol. The molecule has 0 bridgehead atoms. The van der Waals surface area contributed by atoms with Crippen LogP contribution >= 0.6 is 0 Å². The van der Waals surface area contributed by atoms with Crippen molar-refractivity contribution in [3.05, 3.63) is 23.8 Å². The van der Waals surface area contributed by atoms with Gasteiger partial charge in [0.2, 0.25) is 10.0 Å². The zero-order valence-electron chi connectivity index (χ0n) is 10.8. The Bertz CT molecular complexity index is 589. The highest BCUT2D eigenvalue weighted by molar-refractivity contribution is 7.89. The normalized spacial score (nSPS) is 16.6. The molecule has 112 valence electrons. The number of rotatable bonds is 4. The largest absolute Gasteiger partial charge is 0.402 e. The number of halogens is 3. The molecule has 0 radical (unpaired) electrons. The van der Waals surface area contributed by atoms with Crippen LogP contribution in [0.1, 0.15) is 18.4 Å². The SMILES string of the molecule is Cc1cccc(N)c1S(=O)(=O)N(CC(F)(F)F)C1CC1. The predicted molar refractivity (Wildman–Crippen MR) is 68.6 cm³/mol. The summed E-state index contributed by atoms with van der Waals surface area (Å²) in [7, 11) is -4.24. The number of anilines is 1. The summed E-state index contributed by atoms with van der Waals surface area (Å²) in [5.41, 5.74) is 5.96. The van der Waals surface area contributed by atoms with E-state index in [0.29, 0.717) is 22.7 Å². The number of sulfonamides is 1. The van der Waals surface area contributed by atoms with Crippen molar-refractivity contribution in [3.63, 3.8) is 0 Å². The molecule has 2 N–H and O–H groups in total. The van der Waals surface area contributed by atoms with E-state index >= 15 is 0 Å². The Labute approximate surface area is 115 Å². The molecule has 0 aromatic heterocycles. The van der Waals surface area contributed by atoms with E-state index in [0.717, 1.165) is 0 Å². The number of hydrogen-bond acceptors (Lipinski definition) is 3. The number of alkyl halides is 3. The average Bonchev–Trinajstić information content (AvgIpc) is 3.07. The minimum atomic E-state index is -4.58. The summed E-state index contributed by atoms with van der Waals surface area (Å²) in [4.78, 5) is -0.226. The maximum Gasteiger partial charge on any atom is 0.402 e. The maximum absolute atomic E-state index is 12.6. The van der Waals surface area contributed by atoms with Crippen molar-refractivity contribution in [1.29, 1.82) is 0 Å². The fraction of sp³-hybridized carbons (Fsp3) is 0.500. The molecule has 0 aliphatic heterocycles. The molecule has 1 aliphatic carbocycles. The Balaban J connectivity index is 2.46. The lowest BCUT2D eigenvalue weighted by Crippen LogP contribution is -2.40. The summed E-state index contributed by atoms with van der Waals surface area (Å²) < 4.78 is 63.3. The van der Waals surface area contributed by atoms with Crippen LogP contribution in [0, 0.1) is 6.92 Å². The smallest absolute Gasteiger partial charge is 0.398 e. The first-order valence-electron chi connectivity index (χ1n) is 6.06. The van der Waals surface area contributed by atoms with Crippen LogP contribution in [-0.4, -0.2) is 31.5 Å². The summed E-state index contributed by atoms with van der Waals surface area (Å²) in [6, 6.07) is 3.87. The molecule has 1 fully saturated rings. The summed E-state index contributed by atoms with van der Waals surface area (Å²) in [5.74, 6) is 0. The van der Waals surface area contributed by atoms with Crippen molar-refractivity contribution in [2.24, 2.45) is 0 Å². The highest BCUT2D eigenvalue weighted by atomic mass is 32.2. The van der Waals surface area contributed by atoms with Gasteiger partial charge in [0, 0.05) is 6.04 Å². The molecule has 1 aromatic carbocycles. The first-order valence-corrected chi connectivity index (χ1v) is 7.50. The molecule has 0 heterocycles. The molecule has 0 saturated heterocycles. The van der Waals surface area contributed by atoms with E-state index in [2.05, 4.69) is 0 Å². The van der Waals surface area contributed by atoms with Crippen molar-refractivity contribution in [3.8, 4) is 0 Å². The number of benzene rings is 1. The summed E-state index contributed by atoms with van der Waals surface area (Å²) in [6.45, 7) is 0.0374. The molecule has 2 rings (SSSR count). The number of hydrogen-bond donors (Lipinski definition) is 1. The fourth-order valence-corrected chi connectivity index (χ4v) is 4.09. The van der Waals surface area contributed by atoms with Gasteiger partial charge < -0.3 is 5.73 Å². The second-order valence-electron chi connectivity index (χ2n) is 4.89. The zero-order valence-corrected chi connectivity index (χ0v) is 11.6. The molecule has 1 aliphatic rings. The quantitative estimate of drug-likeness (QED) is 0.868. The first-order chi connectivity index (χ1) is 9.13. The van der Waals surface area contributed by atoms with Crippen molar-refractivity contribution in [2.75, 3.05) is 12.3 Å². The van der Waals surface area contributed by atoms with Gasteiger partial charge in [0.05, 0.1) is 5.69 Å². The van der Waals surface area contributed by atoms with Crippen LogP contribution in [0.5, 0.6) is 0 Å². The van der Waals surface area contributed by atoms with Crippen LogP contribution in [0.25, 0.3) is 0 Å². The molecule has 4 nitrogen and oxygen atoms in total. The highest BCUT2D eigenvalue weighted by Gasteiger charge is 2.45. The third-order valence-electron chi connectivity index (χ3n) is 3.10. The van der Waals surface area contributed by atoms with E-state index in [9.17, 15) is 21.6 Å². The molecule has 20 heavy (non-hydrogen) atoms. The molecular formula is C12H15F3N2O2S. The van der Waals surface area contributed by atoms with Gasteiger partial charge in [-0.15, -0.1) is 0 Å². The first kappa shape index (κ1) is 15.1. The molecule has 0 unspecified atom stereocenters. The predicted octanol–water partition coefficient (Wildman–Crippen LogP) is 2.29. The topological polar surface area (TPSA) is 63.4 Å².